The molecule has 29 heavy (non-hydrogen) atoms. The summed E-state index contributed by atoms with van der Waals surface area (Å²) in [6.45, 7) is 6.47. The van der Waals surface area contributed by atoms with Gasteiger partial charge in [-0.15, -0.1) is 0 Å². The van der Waals surface area contributed by atoms with E-state index in [9.17, 15) is 18.4 Å². The molecule has 2 amide bonds. The maximum absolute atomic E-state index is 12.6. The Morgan fingerprint density at radius 3 is 2.52 bits per heavy atom. The zero-order valence-corrected chi connectivity index (χ0v) is 17.2. The van der Waals surface area contributed by atoms with Crippen molar-refractivity contribution in [3.05, 3.63) is 52.9 Å². The van der Waals surface area contributed by atoms with Crippen LogP contribution in [0, 0.1) is 6.92 Å². The highest BCUT2D eigenvalue weighted by Gasteiger charge is 2.15. The number of alkyl halides is 2. The topological polar surface area (TPSA) is 93.5 Å². The van der Waals surface area contributed by atoms with Crippen LogP contribution in [0.1, 0.15) is 50.8 Å². The summed E-state index contributed by atoms with van der Waals surface area (Å²) in [5.41, 5.74) is 7.62. The minimum absolute atomic E-state index is 0.0933. The number of carbonyl (C=O) groups is 2. The van der Waals surface area contributed by atoms with E-state index in [1.54, 1.807) is 38.1 Å². The Balaban J connectivity index is 2.87. The predicted molar refractivity (Wildman–Crippen MR) is 108 cm³/mol. The third kappa shape index (κ3) is 8.33. The summed E-state index contributed by atoms with van der Waals surface area (Å²) in [6, 6.07) is 4.76. The molecule has 1 atom stereocenters. The molecule has 0 spiro atoms. The van der Waals surface area contributed by atoms with Gasteiger partial charge in [-0.05, 0) is 43.5 Å². The standard InChI is InChI=1S/C21H29F2N3O3/c1-5-7-16(11-19(24)26-20(27)6-2)21(28)25-14(4)15-8-9-17(13(3)10-15)29-12-18(22)23/h7-11,14,18H,5-6,12,24H2,1-4H3,(H,25,28)(H,26,27)/b16-7+,19-11+. The molecule has 8 heteroatoms. The molecule has 1 unspecified atom stereocenters. The minimum atomic E-state index is -2.54. The highest BCUT2D eigenvalue weighted by molar-refractivity contribution is 5.96. The number of amides is 2. The average molecular weight is 409 g/mol. The van der Waals surface area contributed by atoms with Gasteiger partial charge in [-0.3, -0.25) is 9.59 Å². The summed E-state index contributed by atoms with van der Waals surface area (Å²) >= 11 is 0. The quantitative estimate of drug-likeness (QED) is 0.407. The number of rotatable bonds is 10. The van der Waals surface area contributed by atoms with E-state index in [-0.39, 0.29) is 30.1 Å². The van der Waals surface area contributed by atoms with Gasteiger partial charge in [0.2, 0.25) is 5.91 Å². The molecule has 1 aromatic rings. The van der Waals surface area contributed by atoms with E-state index in [4.69, 9.17) is 10.5 Å². The molecule has 1 rings (SSSR count). The molecule has 0 aliphatic rings. The van der Waals surface area contributed by atoms with Crippen LogP contribution in [-0.4, -0.2) is 24.8 Å². The maximum Gasteiger partial charge on any atom is 0.272 e. The fraction of sp³-hybridized carbons (Fsp3) is 0.429. The highest BCUT2D eigenvalue weighted by Crippen LogP contribution is 2.23. The number of benzene rings is 1. The second kappa shape index (κ2) is 11.8. The first-order chi connectivity index (χ1) is 13.7. The first kappa shape index (κ1) is 24.1. The number of nitrogens with one attached hydrogen (secondary N) is 2. The Bertz CT molecular complexity index is 776. The second-order valence-electron chi connectivity index (χ2n) is 6.49. The molecular weight excluding hydrogens is 380 g/mol. The molecule has 0 saturated carbocycles. The zero-order chi connectivity index (χ0) is 22.0. The first-order valence-corrected chi connectivity index (χ1v) is 9.47. The molecule has 0 heterocycles. The van der Waals surface area contributed by atoms with Gasteiger partial charge in [0.15, 0.2) is 0 Å². The molecular formula is C21H29F2N3O3. The van der Waals surface area contributed by atoms with Gasteiger partial charge in [-0.2, -0.15) is 0 Å². The van der Waals surface area contributed by atoms with Crippen LogP contribution in [0.25, 0.3) is 0 Å². The fourth-order valence-corrected chi connectivity index (χ4v) is 2.51. The van der Waals surface area contributed by atoms with Crippen molar-refractivity contribution < 1.29 is 23.1 Å². The van der Waals surface area contributed by atoms with E-state index >= 15 is 0 Å². The fourth-order valence-electron chi connectivity index (χ4n) is 2.51. The van der Waals surface area contributed by atoms with Crippen molar-refractivity contribution in [2.75, 3.05) is 6.61 Å². The van der Waals surface area contributed by atoms with Crippen molar-refractivity contribution in [1.29, 1.82) is 0 Å². The SMILES string of the molecule is CC/C=C(\C=C(/N)NC(=O)CC)C(=O)NC(C)c1ccc(OCC(F)F)c(C)c1. The molecule has 0 saturated heterocycles. The summed E-state index contributed by atoms with van der Waals surface area (Å²) < 4.78 is 29.7. The van der Waals surface area contributed by atoms with Crippen molar-refractivity contribution in [2.24, 2.45) is 5.73 Å². The summed E-state index contributed by atoms with van der Waals surface area (Å²) in [4.78, 5) is 24.1. The number of hydrogen-bond acceptors (Lipinski definition) is 4. The van der Waals surface area contributed by atoms with E-state index < -0.39 is 13.0 Å². The maximum atomic E-state index is 12.6. The molecule has 0 aromatic heterocycles. The Labute approximate surface area is 170 Å². The first-order valence-electron chi connectivity index (χ1n) is 9.47. The smallest absolute Gasteiger partial charge is 0.272 e. The van der Waals surface area contributed by atoms with Gasteiger partial charge in [0.1, 0.15) is 18.2 Å². The van der Waals surface area contributed by atoms with Gasteiger partial charge >= 0.3 is 0 Å². The third-order valence-corrected chi connectivity index (χ3v) is 4.01. The zero-order valence-electron chi connectivity index (χ0n) is 17.2. The summed E-state index contributed by atoms with van der Waals surface area (Å²) in [6.07, 6.45) is 1.48. The Kier molecular flexibility index (Phi) is 9.85. The van der Waals surface area contributed by atoms with Crippen LogP contribution in [0.3, 0.4) is 0 Å². The van der Waals surface area contributed by atoms with Crippen molar-refractivity contribution in [3.63, 3.8) is 0 Å². The number of ether oxygens (including phenoxy) is 1. The van der Waals surface area contributed by atoms with E-state index in [1.807, 2.05) is 13.8 Å². The van der Waals surface area contributed by atoms with Gasteiger partial charge in [0.25, 0.3) is 12.3 Å². The summed E-state index contributed by atoms with van der Waals surface area (Å²) in [5.74, 6) is -0.117. The Morgan fingerprint density at radius 1 is 1.28 bits per heavy atom. The van der Waals surface area contributed by atoms with Crippen LogP contribution >= 0.6 is 0 Å². The van der Waals surface area contributed by atoms with Crippen LogP contribution in [0.4, 0.5) is 8.78 Å². The lowest BCUT2D eigenvalue weighted by molar-refractivity contribution is -0.120. The molecule has 0 fully saturated rings. The number of allylic oxidation sites excluding steroid dienone is 1. The Morgan fingerprint density at radius 2 is 1.97 bits per heavy atom. The normalized spacial score (nSPS) is 13.2. The molecule has 1 aromatic carbocycles. The van der Waals surface area contributed by atoms with E-state index in [0.717, 1.165) is 5.56 Å². The number of hydrogen-bond donors (Lipinski definition) is 3. The van der Waals surface area contributed by atoms with Crippen LogP contribution in [0.2, 0.25) is 0 Å². The van der Waals surface area contributed by atoms with Crippen molar-refractivity contribution in [3.8, 4) is 5.75 Å². The molecule has 4 N–H and O–H groups in total. The van der Waals surface area contributed by atoms with E-state index in [0.29, 0.717) is 23.3 Å². The van der Waals surface area contributed by atoms with Gasteiger partial charge in [-0.25, -0.2) is 8.78 Å². The predicted octanol–water partition coefficient (Wildman–Crippen LogP) is 3.48. The molecule has 6 nitrogen and oxygen atoms in total. The number of halogens is 2. The van der Waals surface area contributed by atoms with Gasteiger partial charge < -0.3 is 21.1 Å². The number of aryl methyl sites for hydroxylation is 1. The summed E-state index contributed by atoms with van der Waals surface area (Å²) in [7, 11) is 0. The molecule has 0 radical (unpaired) electrons. The number of carbonyl (C=O) groups excluding carboxylic acids is 2. The van der Waals surface area contributed by atoms with Crippen molar-refractivity contribution in [1.82, 2.24) is 10.6 Å². The van der Waals surface area contributed by atoms with E-state index in [1.165, 1.54) is 6.08 Å². The lowest BCUT2D eigenvalue weighted by atomic mass is 10.0. The van der Waals surface area contributed by atoms with Crippen LogP contribution in [0.15, 0.2) is 41.7 Å². The second-order valence-corrected chi connectivity index (χ2v) is 6.49. The van der Waals surface area contributed by atoms with Gasteiger partial charge in [0.05, 0.1) is 6.04 Å². The minimum Gasteiger partial charge on any atom is -0.487 e. The number of nitrogens with two attached hydrogens (primary N) is 1. The largest absolute Gasteiger partial charge is 0.487 e. The molecule has 0 aliphatic carbocycles. The van der Waals surface area contributed by atoms with E-state index in [2.05, 4.69) is 10.6 Å². The lowest BCUT2D eigenvalue weighted by Gasteiger charge is -2.17. The Hall–Kier alpha value is -2.90. The third-order valence-electron chi connectivity index (χ3n) is 4.01. The van der Waals surface area contributed by atoms with Gasteiger partial charge in [0, 0.05) is 12.0 Å². The summed E-state index contributed by atoms with van der Waals surface area (Å²) in [5, 5.41) is 5.37. The van der Waals surface area contributed by atoms with Crippen LogP contribution in [0.5, 0.6) is 5.75 Å². The molecule has 0 aliphatic heterocycles. The van der Waals surface area contributed by atoms with Crippen LogP contribution in [-0.2, 0) is 9.59 Å². The van der Waals surface area contributed by atoms with Crippen molar-refractivity contribution in [2.45, 2.75) is 53.0 Å². The lowest BCUT2D eigenvalue weighted by Crippen LogP contribution is -2.30. The van der Waals surface area contributed by atoms with Crippen molar-refractivity contribution >= 4 is 11.8 Å². The monoisotopic (exact) mass is 409 g/mol. The molecule has 160 valence electrons. The molecule has 0 bridgehead atoms. The average Bonchev–Trinajstić information content (AvgIpc) is 2.66. The van der Waals surface area contributed by atoms with Crippen LogP contribution < -0.4 is 21.1 Å². The van der Waals surface area contributed by atoms with Gasteiger partial charge in [-0.1, -0.05) is 32.1 Å². The highest BCUT2D eigenvalue weighted by atomic mass is 19.3.